The number of methoxy groups -OCH3 is 1. The summed E-state index contributed by atoms with van der Waals surface area (Å²) in [5.41, 5.74) is 7.10. The largest absolute Gasteiger partial charge is 0.465 e. The van der Waals surface area contributed by atoms with Crippen molar-refractivity contribution in [3.8, 4) is 6.07 Å². The fraction of sp³-hybridized carbons (Fsp3) is 0.480. The number of hydrogen-bond acceptors (Lipinski definition) is 19. The Hall–Kier alpha value is -9.97. The van der Waals surface area contributed by atoms with Gasteiger partial charge in [0.2, 0.25) is 0 Å². The Morgan fingerprint density at radius 1 is 0.419 bits per heavy atom. The molecule has 0 aliphatic carbocycles. The quantitative estimate of drug-likeness (QED) is 0.0223. The number of rotatable bonds is 35. The molecule has 8 heterocycles. The molecule has 1 aliphatic heterocycles. The van der Waals surface area contributed by atoms with Gasteiger partial charge in [-0.1, -0.05) is 200 Å². The normalized spacial score (nSPS) is 10.5. The van der Waals surface area contributed by atoms with Crippen molar-refractivity contribution in [3.05, 3.63) is 260 Å². The zero-order valence-corrected chi connectivity index (χ0v) is 74.8. The topological polar surface area (TPSA) is 206 Å². The number of nitriles is 1. The van der Waals surface area contributed by atoms with Crippen LogP contribution >= 0.6 is 0 Å². The third-order valence-electron chi connectivity index (χ3n) is 18.0. The van der Waals surface area contributed by atoms with Gasteiger partial charge in [0.15, 0.2) is 11.6 Å². The Balaban J connectivity index is 0.00000128. The fourth-order valence-electron chi connectivity index (χ4n) is 10.7. The Kier molecular flexibility index (Phi) is 70.7. The summed E-state index contributed by atoms with van der Waals surface area (Å²) in [6.45, 7) is 32.0. The first-order chi connectivity index (χ1) is 56.9. The van der Waals surface area contributed by atoms with Crippen LogP contribution in [-0.4, -0.2) is 187 Å². The van der Waals surface area contributed by atoms with Gasteiger partial charge < -0.3 is 39.5 Å². The van der Waals surface area contributed by atoms with Gasteiger partial charge >= 0.3 is 5.97 Å². The zero-order valence-electron chi connectivity index (χ0n) is 74.8. The number of esters is 1. The molecule has 117 heavy (non-hydrogen) atoms. The smallest absolute Gasteiger partial charge is 0.339 e. The lowest BCUT2D eigenvalue weighted by atomic mass is 10.1. The number of Topliss-reactive ketones (excluding diaryl/α,β-unsaturated/α-hetero) is 1. The summed E-state index contributed by atoms with van der Waals surface area (Å²) in [6.07, 6.45) is 50.1. The van der Waals surface area contributed by atoms with Crippen LogP contribution in [0.1, 0.15) is 233 Å². The molecule has 0 unspecified atom stereocenters. The van der Waals surface area contributed by atoms with E-state index in [2.05, 4.69) is 165 Å². The van der Waals surface area contributed by atoms with Crippen LogP contribution in [0.3, 0.4) is 0 Å². The standard InChI is InChI=1S/C18H39N.C12H9NO.C11H10N2.C9H12N2.2C8H19N.C7H10N2.C7H6N2.C7H7NO2.C7H7NO.C4H11N/c1-4-7-10-13-16-19(17-14-11-8-5-2)18-15-12-9-6-3;14-12(10-4-2-1-3-5-10)11-6-8-13-9-7-11;1-2-6-10(7-3-1)13-11-8-4-5-9-12-11;1-2-8-11(7-1)9-3-5-10-6-4-9;1-4-5-6-7-8-9(2)3;1-4-7-8-9(5-2)6-3;1-9(2)7-3-5-8-6-4-7;8-4-3-7-2-1-5-9-6-7;1-10-7(9)6-3-2-4-8-5-6;1-6(9)7-2-4-8-5-3-7;1-4-5(2)3/h4-18H2,1-3H3;1-9H;1-9H,(H,12,13);3-6H,1-2,7-8H2;2*4-8H2,1-3H3;3-6H,1-2H3;1-2,5-6H,3H2;2-5H,1H3;2-5H,1H3;4H2,1-3H3. The molecule has 19 nitrogen and oxygen atoms in total. The molecule has 10 rings (SSSR count). The van der Waals surface area contributed by atoms with Gasteiger partial charge in [-0.2, -0.15) is 5.26 Å². The highest BCUT2D eigenvalue weighted by atomic mass is 16.5. The van der Waals surface area contributed by atoms with Gasteiger partial charge in [0, 0.05) is 141 Å². The predicted octanol–water partition coefficient (Wildman–Crippen LogP) is 22.1. The molecule has 9 aromatic rings. The monoisotopic (exact) mass is 1600 g/mol. The van der Waals surface area contributed by atoms with Gasteiger partial charge in [-0.05, 0) is 229 Å². The average molecular weight is 1600 g/mol. The third kappa shape index (κ3) is 62.0. The minimum atomic E-state index is -0.354. The molecular formula is C98H149N15O4. The molecule has 7 aromatic heterocycles. The number of anilines is 4. The zero-order chi connectivity index (χ0) is 86.3. The van der Waals surface area contributed by atoms with Gasteiger partial charge in [0.25, 0.3) is 0 Å². The van der Waals surface area contributed by atoms with E-state index >= 15 is 0 Å². The number of benzene rings is 2. The van der Waals surface area contributed by atoms with Crippen molar-refractivity contribution in [2.24, 2.45) is 0 Å². The minimum absolute atomic E-state index is 0.0352. The highest BCUT2D eigenvalue weighted by Gasteiger charge is 2.12. The van der Waals surface area contributed by atoms with E-state index in [1.165, 1.54) is 219 Å². The summed E-state index contributed by atoms with van der Waals surface area (Å²) >= 11 is 0. The van der Waals surface area contributed by atoms with E-state index in [0.29, 0.717) is 28.7 Å². The molecule has 0 atom stereocenters. The molecule has 19 heteroatoms. The average Bonchev–Trinajstić information content (AvgIpc) is 1.01. The molecule has 0 bridgehead atoms. The molecule has 0 radical (unpaired) electrons. The lowest BCUT2D eigenvalue weighted by molar-refractivity contribution is 0.0600. The van der Waals surface area contributed by atoms with Crippen LogP contribution in [0.4, 0.5) is 22.9 Å². The first kappa shape index (κ1) is 107. The van der Waals surface area contributed by atoms with Crippen LogP contribution in [0.15, 0.2) is 232 Å². The Bertz CT molecular complexity index is 3550. The molecule has 0 amide bonds. The molecule has 1 saturated heterocycles. The van der Waals surface area contributed by atoms with Crippen LogP contribution in [0, 0.1) is 11.3 Å². The molecule has 1 N–H and O–H groups in total. The number of hydrogen-bond donors (Lipinski definition) is 1. The van der Waals surface area contributed by atoms with E-state index < -0.39 is 0 Å². The number of pyridine rings is 7. The maximum absolute atomic E-state index is 11.8. The van der Waals surface area contributed by atoms with Crippen molar-refractivity contribution >= 4 is 40.4 Å². The summed E-state index contributed by atoms with van der Waals surface area (Å²) in [4.78, 5) is 74.5. The number of aromatic nitrogens is 7. The molecule has 0 spiro atoms. The van der Waals surface area contributed by atoms with Crippen molar-refractivity contribution in [3.63, 3.8) is 0 Å². The highest BCUT2D eigenvalue weighted by molar-refractivity contribution is 6.08. The second-order valence-corrected chi connectivity index (χ2v) is 28.5. The number of para-hydroxylation sites is 1. The highest BCUT2D eigenvalue weighted by Crippen LogP contribution is 2.19. The maximum Gasteiger partial charge on any atom is 0.339 e. The summed E-state index contributed by atoms with van der Waals surface area (Å²) in [5, 5.41) is 11.4. The van der Waals surface area contributed by atoms with E-state index in [9.17, 15) is 14.4 Å². The van der Waals surface area contributed by atoms with Crippen LogP contribution < -0.4 is 15.1 Å². The SMILES string of the molecule is CC(=O)c1ccncc1.CCCCCCN(C)C.CCCCCCN(CCCCCC)CCCCCC.CCCCN(CC)CC.CCN(C)C.CN(C)c1ccncc1.COC(=O)c1cccnc1.N#CCc1cccnc1.O=C(c1ccccc1)c1ccncc1.c1cc(N2CCCC2)ccn1.c1ccc(Nc2ccccn2)cc1. The van der Waals surface area contributed by atoms with Crippen molar-refractivity contribution in [1.82, 2.24) is 54.5 Å². The predicted molar refractivity (Wildman–Crippen MR) is 494 cm³/mol. The minimum Gasteiger partial charge on any atom is -0.465 e. The first-order valence-corrected chi connectivity index (χ1v) is 42.8. The Morgan fingerprint density at radius 3 is 1.23 bits per heavy atom. The number of carbonyl (C=O) groups excluding carboxylic acids is 3. The van der Waals surface area contributed by atoms with Crippen molar-refractivity contribution in [2.45, 2.75) is 197 Å². The maximum atomic E-state index is 11.8. The van der Waals surface area contributed by atoms with Crippen molar-refractivity contribution in [1.29, 1.82) is 5.26 Å². The second kappa shape index (κ2) is 77.3. The molecular weight excluding hydrogens is 1450 g/mol. The van der Waals surface area contributed by atoms with E-state index in [1.807, 2.05) is 141 Å². The van der Waals surface area contributed by atoms with Gasteiger partial charge in [-0.3, -0.25) is 39.5 Å². The summed E-state index contributed by atoms with van der Waals surface area (Å²) in [5.74, 6) is 0.632. The second-order valence-electron chi connectivity index (χ2n) is 28.5. The van der Waals surface area contributed by atoms with Gasteiger partial charge in [0.05, 0.1) is 25.2 Å². The number of nitrogens with zero attached hydrogens (tertiary/aromatic N) is 14. The lowest BCUT2D eigenvalue weighted by Gasteiger charge is -2.22. The van der Waals surface area contributed by atoms with Crippen LogP contribution in [0.5, 0.6) is 0 Å². The molecule has 0 saturated carbocycles. The Morgan fingerprint density at radius 2 is 0.846 bits per heavy atom. The molecule has 1 aliphatic rings. The van der Waals surface area contributed by atoms with E-state index in [4.69, 9.17) is 5.26 Å². The van der Waals surface area contributed by atoms with Crippen LogP contribution in [0.2, 0.25) is 0 Å². The van der Waals surface area contributed by atoms with Crippen LogP contribution in [-0.2, 0) is 11.2 Å². The molecule has 2 aromatic carbocycles. The van der Waals surface area contributed by atoms with Crippen LogP contribution in [0.25, 0.3) is 0 Å². The number of ether oxygens (including phenoxy) is 1. The van der Waals surface area contributed by atoms with Gasteiger partial charge in [-0.15, -0.1) is 0 Å². The van der Waals surface area contributed by atoms with Crippen molar-refractivity contribution in [2.75, 3.05) is 130 Å². The number of ketones is 2. The third-order valence-corrected chi connectivity index (χ3v) is 18.0. The number of nitrogens with one attached hydrogen (secondary N) is 1. The van der Waals surface area contributed by atoms with Crippen molar-refractivity contribution < 1.29 is 19.1 Å². The first-order valence-electron chi connectivity index (χ1n) is 42.8. The van der Waals surface area contributed by atoms with Gasteiger partial charge in [-0.25, -0.2) is 9.78 Å². The number of unbranched alkanes of at least 4 members (excludes halogenated alkanes) is 13. The number of carbonyl (C=O) groups is 3. The fourth-order valence-corrected chi connectivity index (χ4v) is 10.7. The summed E-state index contributed by atoms with van der Waals surface area (Å²) in [7, 11) is 13.7. The summed E-state index contributed by atoms with van der Waals surface area (Å²) in [6, 6.07) is 49.0. The van der Waals surface area contributed by atoms with E-state index in [0.717, 1.165) is 23.6 Å². The van der Waals surface area contributed by atoms with Gasteiger partial charge in [0.1, 0.15) is 5.82 Å². The summed E-state index contributed by atoms with van der Waals surface area (Å²) < 4.78 is 4.46. The van der Waals surface area contributed by atoms with E-state index in [1.54, 1.807) is 98.4 Å². The molecule has 640 valence electrons. The Labute approximate surface area is 708 Å². The lowest BCUT2D eigenvalue weighted by Crippen LogP contribution is -2.27. The van der Waals surface area contributed by atoms with E-state index in [-0.39, 0.29) is 17.5 Å². The molecule has 1 fully saturated rings.